The van der Waals surface area contributed by atoms with Crippen molar-refractivity contribution in [3.8, 4) is 0 Å². The van der Waals surface area contributed by atoms with Crippen LogP contribution in [0.4, 0.5) is 5.69 Å². The number of carbonyl (C=O) groups excluding carboxylic acids is 1. The van der Waals surface area contributed by atoms with E-state index in [1.807, 2.05) is 17.9 Å². The van der Waals surface area contributed by atoms with Gasteiger partial charge in [-0.3, -0.25) is 19.8 Å². The van der Waals surface area contributed by atoms with Crippen LogP contribution in [0.2, 0.25) is 0 Å². The van der Waals surface area contributed by atoms with Gasteiger partial charge >= 0.3 is 0 Å². The molecular formula is C22H30N6O. The molecule has 0 aliphatic carbocycles. The number of hydrogen-bond acceptors (Lipinski definition) is 4. The maximum atomic E-state index is 13.2. The van der Waals surface area contributed by atoms with Crippen LogP contribution in [0, 0.1) is 0 Å². The van der Waals surface area contributed by atoms with E-state index >= 15 is 0 Å². The van der Waals surface area contributed by atoms with Gasteiger partial charge in [-0.25, -0.2) is 0 Å². The second-order valence-electron chi connectivity index (χ2n) is 8.86. The van der Waals surface area contributed by atoms with Gasteiger partial charge in [-0.2, -0.15) is 5.10 Å². The fourth-order valence-electron chi connectivity index (χ4n) is 4.11. The summed E-state index contributed by atoms with van der Waals surface area (Å²) in [5.41, 5.74) is 2.31. The summed E-state index contributed by atoms with van der Waals surface area (Å²) < 4.78 is 1.76. The Morgan fingerprint density at radius 3 is 2.83 bits per heavy atom. The predicted molar refractivity (Wildman–Crippen MR) is 115 cm³/mol. The number of fused-ring (bicyclic) bond motifs is 1. The van der Waals surface area contributed by atoms with E-state index in [9.17, 15) is 4.79 Å². The molecule has 1 fully saturated rings. The van der Waals surface area contributed by atoms with E-state index in [1.165, 1.54) is 5.56 Å². The number of hydrogen-bond donors (Lipinski definition) is 2. The summed E-state index contributed by atoms with van der Waals surface area (Å²) in [6.07, 6.45) is 2.51. The summed E-state index contributed by atoms with van der Waals surface area (Å²) in [4.78, 5) is 20.1. The number of carbonyl (C=O) groups is 1. The molecule has 0 radical (unpaired) electrons. The molecule has 154 valence electrons. The number of amidine groups is 1. The van der Waals surface area contributed by atoms with E-state index in [1.54, 1.807) is 16.9 Å². The smallest absolute Gasteiger partial charge is 0.272 e. The molecular weight excluding hydrogens is 364 g/mol. The molecule has 7 nitrogen and oxygen atoms in total. The maximum Gasteiger partial charge on any atom is 0.272 e. The first-order valence-electron chi connectivity index (χ1n) is 10.3. The Bertz CT molecular complexity index is 941. The van der Waals surface area contributed by atoms with Crippen molar-refractivity contribution in [3.05, 3.63) is 47.8 Å². The zero-order valence-corrected chi connectivity index (χ0v) is 17.7. The number of aromatic nitrogens is 2. The van der Waals surface area contributed by atoms with Crippen LogP contribution in [0.5, 0.6) is 0 Å². The van der Waals surface area contributed by atoms with Gasteiger partial charge in [0.1, 0.15) is 11.5 Å². The molecule has 1 spiro atoms. The highest BCUT2D eigenvalue weighted by molar-refractivity contribution is 6.05. The number of rotatable bonds is 2. The van der Waals surface area contributed by atoms with E-state index in [-0.39, 0.29) is 17.0 Å². The Hall–Kier alpha value is -2.67. The van der Waals surface area contributed by atoms with E-state index in [0.717, 1.165) is 24.5 Å². The largest absolute Gasteiger partial charge is 0.342 e. The van der Waals surface area contributed by atoms with Crippen LogP contribution >= 0.6 is 0 Å². The maximum absolute atomic E-state index is 13.2. The van der Waals surface area contributed by atoms with Gasteiger partial charge in [-0.05, 0) is 51.8 Å². The number of amides is 1. The van der Waals surface area contributed by atoms with E-state index in [0.29, 0.717) is 25.3 Å². The fraction of sp³-hybridized carbons (Fsp3) is 0.500. The third kappa shape index (κ3) is 3.79. The Kier molecular flexibility index (Phi) is 4.94. The van der Waals surface area contributed by atoms with E-state index in [2.05, 4.69) is 54.7 Å². The van der Waals surface area contributed by atoms with Crippen LogP contribution in [-0.4, -0.2) is 50.6 Å². The minimum Gasteiger partial charge on any atom is -0.342 e. The van der Waals surface area contributed by atoms with Crippen LogP contribution in [0.15, 0.2) is 41.5 Å². The van der Waals surface area contributed by atoms with Crippen molar-refractivity contribution in [2.45, 2.75) is 58.3 Å². The third-order valence-electron chi connectivity index (χ3n) is 5.58. The standard InChI is InChI=1S/C22H30N6O/c1-5-28-18(10-12-24-28)19(29)27-13-11-22(15-27)20(26-21(2,3)4)25-17-9-7-6-8-16(17)14-23-22/h6-10,12,23H,5,11,13-15H2,1-4H3,(H,25,26)/t22-/m0/s1. The highest BCUT2D eigenvalue weighted by Crippen LogP contribution is 2.31. The molecule has 4 rings (SSSR count). The lowest BCUT2D eigenvalue weighted by Gasteiger charge is -2.32. The Morgan fingerprint density at radius 1 is 1.28 bits per heavy atom. The normalized spacial score (nSPS) is 23.2. The van der Waals surface area contributed by atoms with Crippen LogP contribution in [0.3, 0.4) is 0 Å². The summed E-state index contributed by atoms with van der Waals surface area (Å²) in [5, 5.41) is 11.6. The number of anilines is 1. The Balaban J connectivity index is 1.66. The molecule has 3 heterocycles. The van der Waals surface area contributed by atoms with Gasteiger partial charge < -0.3 is 10.2 Å². The molecule has 1 amide bonds. The lowest BCUT2D eigenvalue weighted by Crippen LogP contribution is -2.56. The molecule has 1 aromatic heterocycles. The number of likely N-dealkylation sites (tertiary alicyclic amines) is 1. The van der Waals surface area contributed by atoms with Gasteiger partial charge in [-0.15, -0.1) is 0 Å². The molecule has 2 N–H and O–H groups in total. The summed E-state index contributed by atoms with van der Waals surface area (Å²) in [6.45, 7) is 11.0. The highest BCUT2D eigenvalue weighted by atomic mass is 16.2. The highest BCUT2D eigenvalue weighted by Gasteiger charge is 2.46. The van der Waals surface area contributed by atoms with Gasteiger partial charge in [0.2, 0.25) is 0 Å². The minimum absolute atomic E-state index is 0.0277. The van der Waals surface area contributed by atoms with Crippen molar-refractivity contribution >= 4 is 17.4 Å². The summed E-state index contributed by atoms with van der Waals surface area (Å²) in [5.74, 6) is 0.939. The molecule has 0 unspecified atom stereocenters. The number of para-hydroxylation sites is 1. The topological polar surface area (TPSA) is 74.6 Å². The van der Waals surface area contributed by atoms with Gasteiger partial charge in [-0.1, -0.05) is 18.2 Å². The van der Waals surface area contributed by atoms with E-state index in [4.69, 9.17) is 4.99 Å². The zero-order valence-electron chi connectivity index (χ0n) is 17.7. The monoisotopic (exact) mass is 394 g/mol. The first-order chi connectivity index (χ1) is 13.8. The SMILES string of the molecule is CCn1nccc1C(=O)N1CC[C@@]2(C1)NCc1ccccc1NC2=NC(C)(C)C. The van der Waals surface area contributed by atoms with Crippen molar-refractivity contribution in [2.24, 2.45) is 4.99 Å². The molecule has 1 saturated heterocycles. The molecule has 2 aliphatic rings. The van der Waals surface area contributed by atoms with Crippen molar-refractivity contribution in [3.63, 3.8) is 0 Å². The van der Waals surface area contributed by atoms with Crippen LogP contribution in [0.25, 0.3) is 0 Å². The molecule has 1 aromatic carbocycles. The van der Waals surface area contributed by atoms with Crippen molar-refractivity contribution in [1.29, 1.82) is 0 Å². The average Bonchev–Trinajstić information content (AvgIpc) is 3.30. The van der Waals surface area contributed by atoms with Gasteiger partial charge in [0, 0.05) is 38.1 Å². The molecule has 7 heteroatoms. The summed E-state index contributed by atoms with van der Waals surface area (Å²) in [7, 11) is 0. The van der Waals surface area contributed by atoms with Crippen molar-refractivity contribution in [2.75, 3.05) is 18.4 Å². The number of aliphatic imine (C=N–C) groups is 1. The minimum atomic E-state index is -0.390. The fourth-order valence-corrected chi connectivity index (χ4v) is 4.11. The Labute approximate surface area is 172 Å². The van der Waals surface area contributed by atoms with Crippen LogP contribution in [-0.2, 0) is 13.1 Å². The quantitative estimate of drug-likeness (QED) is 0.821. The molecule has 0 saturated carbocycles. The lowest BCUT2D eigenvalue weighted by atomic mass is 9.95. The molecule has 2 aromatic rings. The first-order valence-corrected chi connectivity index (χ1v) is 10.3. The molecule has 1 atom stereocenters. The van der Waals surface area contributed by atoms with Crippen molar-refractivity contribution in [1.82, 2.24) is 20.0 Å². The van der Waals surface area contributed by atoms with Crippen LogP contribution < -0.4 is 10.6 Å². The number of aryl methyl sites for hydroxylation is 1. The van der Waals surface area contributed by atoms with Crippen molar-refractivity contribution < 1.29 is 4.79 Å². The van der Waals surface area contributed by atoms with Gasteiger partial charge in [0.15, 0.2) is 0 Å². The van der Waals surface area contributed by atoms with Crippen LogP contribution in [0.1, 0.15) is 50.2 Å². The van der Waals surface area contributed by atoms with Gasteiger partial charge in [0.25, 0.3) is 5.91 Å². The third-order valence-corrected chi connectivity index (χ3v) is 5.58. The number of nitrogens with one attached hydrogen (secondary N) is 2. The lowest BCUT2D eigenvalue weighted by molar-refractivity contribution is 0.0773. The zero-order chi connectivity index (χ0) is 20.6. The molecule has 29 heavy (non-hydrogen) atoms. The second kappa shape index (κ2) is 7.30. The number of benzene rings is 1. The van der Waals surface area contributed by atoms with E-state index < -0.39 is 0 Å². The summed E-state index contributed by atoms with van der Waals surface area (Å²) in [6, 6.07) is 10.1. The molecule has 2 aliphatic heterocycles. The number of nitrogens with zero attached hydrogens (tertiary/aromatic N) is 4. The van der Waals surface area contributed by atoms with Gasteiger partial charge in [0.05, 0.1) is 11.1 Å². The average molecular weight is 395 g/mol. The predicted octanol–water partition coefficient (Wildman–Crippen LogP) is 2.90. The summed E-state index contributed by atoms with van der Waals surface area (Å²) >= 11 is 0. The molecule has 0 bridgehead atoms. The second-order valence-corrected chi connectivity index (χ2v) is 8.86. The Morgan fingerprint density at radius 2 is 2.07 bits per heavy atom. The first kappa shape index (κ1) is 19.6.